The maximum absolute atomic E-state index is 5.53. The van der Waals surface area contributed by atoms with E-state index in [1.54, 1.807) is 14.2 Å². The van der Waals surface area contributed by atoms with Crippen LogP contribution in [-0.2, 0) is 6.42 Å². The smallest absolute Gasteiger partial charge is 0.161 e. The van der Waals surface area contributed by atoms with Gasteiger partial charge in [-0.1, -0.05) is 12.1 Å². The third-order valence-electron chi connectivity index (χ3n) is 5.64. The van der Waals surface area contributed by atoms with Gasteiger partial charge in [0.05, 0.1) is 14.2 Å². The summed E-state index contributed by atoms with van der Waals surface area (Å²) in [5.74, 6) is 1.43. The maximum Gasteiger partial charge on any atom is 0.161 e. The summed E-state index contributed by atoms with van der Waals surface area (Å²) < 4.78 is 11.0. The van der Waals surface area contributed by atoms with E-state index in [1.807, 2.05) is 19.1 Å². The second kappa shape index (κ2) is 8.25. The van der Waals surface area contributed by atoms with Crippen LogP contribution in [0.2, 0.25) is 0 Å². The summed E-state index contributed by atoms with van der Waals surface area (Å²) in [5, 5.41) is 9.02. The quantitative estimate of drug-likeness (QED) is 0.802. The summed E-state index contributed by atoms with van der Waals surface area (Å²) in [6.45, 7) is 6.30. The average molecular weight is 393 g/mol. The second-order valence-electron chi connectivity index (χ2n) is 7.66. The number of fused-ring (bicyclic) bond motifs is 1. The third kappa shape index (κ3) is 3.98. The highest BCUT2D eigenvalue weighted by atomic mass is 16.5. The molecule has 1 fully saturated rings. The lowest BCUT2D eigenvalue weighted by Gasteiger charge is -2.34. The fourth-order valence-electron chi connectivity index (χ4n) is 3.90. The average Bonchev–Trinajstić information content (AvgIpc) is 2.91. The Labute approximate surface area is 172 Å². The number of hydrogen-bond donors (Lipinski definition) is 0. The van der Waals surface area contributed by atoms with Crippen molar-refractivity contribution in [2.75, 3.05) is 52.3 Å². The molecule has 4 rings (SSSR count). The van der Waals surface area contributed by atoms with Gasteiger partial charge in [0.1, 0.15) is 5.71 Å². The molecule has 152 valence electrons. The van der Waals surface area contributed by atoms with Gasteiger partial charge in [0, 0.05) is 55.1 Å². The van der Waals surface area contributed by atoms with Gasteiger partial charge in [-0.2, -0.15) is 5.10 Å². The monoisotopic (exact) mass is 392 g/mol. The summed E-state index contributed by atoms with van der Waals surface area (Å²) in [7, 11) is 5.49. The van der Waals surface area contributed by atoms with Crippen molar-refractivity contribution < 1.29 is 9.47 Å². The van der Waals surface area contributed by atoms with E-state index in [2.05, 4.69) is 51.3 Å². The Morgan fingerprint density at radius 3 is 2.17 bits per heavy atom. The molecule has 6 heteroatoms. The first-order valence-corrected chi connectivity index (χ1v) is 9.99. The van der Waals surface area contributed by atoms with E-state index in [0.717, 1.165) is 66.5 Å². The Hall–Kier alpha value is -2.86. The minimum Gasteiger partial charge on any atom is -0.493 e. The van der Waals surface area contributed by atoms with Crippen molar-refractivity contribution in [3.63, 3.8) is 0 Å². The van der Waals surface area contributed by atoms with Crippen LogP contribution >= 0.6 is 0 Å². The van der Waals surface area contributed by atoms with Gasteiger partial charge in [0.25, 0.3) is 0 Å². The molecule has 0 aromatic heterocycles. The molecule has 29 heavy (non-hydrogen) atoms. The highest BCUT2D eigenvalue weighted by Gasteiger charge is 2.20. The molecule has 0 unspecified atom stereocenters. The van der Waals surface area contributed by atoms with Crippen LogP contribution in [0.4, 0.5) is 5.69 Å². The van der Waals surface area contributed by atoms with E-state index in [0.29, 0.717) is 5.75 Å². The van der Waals surface area contributed by atoms with Crippen LogP contribution in [-0.4, -0.2) is 63.8 Å². The minimum absolute atomic E-state index is 0.701. The van der Waals surface area contributed by atoms with E-state index in [1.165, 1.54) is 5.69 Å². The first-order valence-electron chi connectivity index (χ1n) is 9.99. The molecule has 0 amide bonds. The van der Waals surface area contributed by atoms with Gasteiger partial charge < -0.3 is 19.3 Å². The first kappa shape index (κ1) is 19.5. The fourth-order valence-corrected chi connectivity index (χ4v) is 3.90. The Kier molecular flexibility index (Phi) is 5.53. The minimum atomic E-state index is 0.701. The molecule has 0 bridgehead atoms. The topological polar surface area (TPSA) is 49.7 Å². The van der Waals surface area contributed by atoms with E-state index in [-0.39, 0.29) is 0 Å². The zero-order chi connectivity index (χ0) is 20.4. The highest BCUT2D eigenvalue weighted by Crippen LogP contribution is 2.33. The van der Waals surface area contributed by atoms with Crippen LogP contribution < -0.4 is 14.4 Å². The van der Waals surface area contributed by atoms with Crippen LogP contribution in [0.25, 0.3) is 0 Å². The van der Waals surface area contributed by atoms with Crippen LogP contribution in [0.1, 0.15) is 23.6 Å². The number of methoxy groups -OCH3 is 2. The molecular weight excluding hydrogens is 364 g/mol. The number of rotatable bonds is 4. The maximum atomic E-state index is 5.53. The van der Waals surface area contributed by atoms with E-state index in [4.69, 9.17) is 9.47 Å². The number of piperazine rings is 1. The van der Waals surface area contributed by atoms with Gasteiger partial charge in [-0.15, -0.1) is 5.10 Å². The summed E-state index contributed by atoms with van der Waals surface area (Å²) >= 11 is 0. The SMILES string of the molecule is COc1cc2c(cc1OC)C(c1ccc(N3CCN(C)CC3)cc1)=NN=C(C)C2. The van der Waals surface area contributed by atoms with Crippen LogP contribution in [0.5, 0.6) is 11.5 Å². The molecule has 0 saturated carbocycles. The zero-order valence-electron chi connectivity index (χ0n) is 17.6. The van der Waals surface area contributed by atoms with Crippen molar-refractivity contribution in [2.24, 2.45) is 10.2 Å². The fraction of sp³-hybridized carbons (Fsp3) is 0.391. The van der Waals surface area contributed by atoms with Gasteiger partial charge in [0.2, 0.25) is 0 Å². The summed E-state index contributed by atoms with van der Waals surface area (Å²) in [5.41, 5.74) is 6.32. The molecule has 0 radical (unpaired) electrons. The largest absolute Gasteiger partial charge is 0.493 e. The van der Waals surface area contributed by atoms with Crippen molar-refractivity contribution in [1.82, 2.24) is 4.90 Å². The molecule has 0 N–H and O–H groups in total. The van der Waals surface area contributed by atoms with Crippen LogP contribution in [0, 0.1) is 0 Å². The van der Waals surface area contributed by atoms with Crippen molar-refractivity contribution in [1.29, 1.82) is 0 Å². The molecule has 0 atom stereocenters. The van der Waals surface area contributed by atoms with E-state index >= 15 is 0 Å². The molecule has 2 aromatic rings. The Balaban J connectivity index is 1.69. The number of benzene rings is 2. The van der Waals surface area contributed by atoms with Gasteiger partial charge in [0.15, 0.2) is 11.5 Å². The number of likely N-dealkylation sites (N-methyl/N-ethyl adjacent to an activating group) is 1. The molecule has 2 aliphatic heterocycles. The molecule has 2 aliphatic rings. The lowest BCUT2D eigenvalue weighted by Crippen LogP contribution is -2.44. The predicted octanol–water partition coefficient (Wildman–Crippen LogP) is 3.23. The molecule has 2 heterocycles. The Bertz CT molecular complexity index is 942. The molecule has 1 saturated heterocycles. The standard InChI is InChI=1S/C23H28N4O2/c1-16-13-18-14-21(28-3)22(29-4)15-20(18)23(25-24-16)17-5-7-19(8-6-17)27-11-9-26(2)10-12-27/h5-8,14-15H,9-13H2,1-4H3. The third-order valence-corrected chi connectivity index (χ3v) is 5.64. The molecular formula is C23H28N4O2. The lowest BCUT2D eigenvalue weighted by molar-refractivity contribution is 0.313. The van der Waals surface area contributed by atoms with Crippen molar-refractivity contribution in [3.8, 4) is 11.5 Å². The molecule has 6 nitrogen and oxygen atoms in total. The number of ether oxygens (including phenoxy) is 2. The van der Waals surface area contributed by atoms with E-state index < -0.39 is 0 Å². The summed E-state index contributed by atoms with van der Waals surface area (Å²) in [4.78, 5) is 4.80. The van der Waals surface area contributed by atoms with Crippen molar-refractivity contribution in [2.45, 2.75) is 13.3 Å². The van der Waals surface area contributed by atoms with Crippen molar-refractivity contribution in [3.05, 3.63) is 53.1 Å². The van der Waals surface area contributed by atoms with Gasteiger partial charge in [-0.25, -0.2) is 0 Å². The second-order valence-corrected chi connectivity index (χ2v) is 7.66. The number of hydrogen-bond acceptors (Lipinski definition) is 6. The molecule has 0 spiro atoms. The summed E-state index contributed by atoms with van der Waals surface area (Å²) in [6, 6.07) is 12.7. The Morgan fingerprint density at radius 2 is 1.52 bits per heavy atom. The molecule has 0 aliphatic carbocycles. The Morgan fingerprint density at radius 1 is 0.862 bits per heavy atom. The lowest BCUT2D eigenvalue weighted by atomic mass is 9.94. The van der Waals surface area contributed by atoms with Gasteiger partial charge in [-0.05, 0) is 43.8 Å². The number of nitrogens with zero attached hydrogens (tertiary/aromatic N) is 4. The van der Waals surface area contributed by atoms with Crippen LogP contribution in [0.15, 0.2) is 46.6 Å². The van der Waals surface area contributed by atoms with Gasteiger partial charge in [-0.3, -0.25) is 0 Å². The molecule has 2 aromatic carbocycles. The predicted molar refractivity (Wildman–Crippen MR) is 118 cm³/mol. The normalized spacial score (nSPS) is 17.2. The first-order chi connectivity index (χ1) is 14.1. The zero-order valence-corrected chi connectivity index (χ0v) is 17.6. The highest BCUT2D eigenvalue weighted by molar-refractivity contribution is 6.15. The summed E-state index contributed by atoms with van der Waals surface area (Å²) in [6.07, 6.45) is 0.738. The van der Waals surface area contributed by atoms with Gasteiger partial charge >= 0.3 is 0 Å². The van der Waals surface area contributed by atoms with Crippen LogP contribution in [0.3, 0.4) is 0 Å². The van der Waals surface area contributed by atoms with E-state index in [9.17, 15) is 0 Å². The number of anilines is 1. The van der Waals surface area contributed by atoms with Crippen molar-refractivity contribution >= 4 is 17.1 Å².